The average molecular weight is 275 g/mol. The number of carbonyl (C=O) groups is 1. The molecule has 1 aromatic heterocycles. The first-order valence-corrected chi connectivity index (χ1v) is 7.37. The number of nitrogens with one attached hydrogen (secondary N) is 2. The lowest BCUT2D eigenvalue weighted by Crippen LogP contribution is -2.46. The van der Waals surface area contributed by atoms with Gasteiger partial charge in [-0.25, -0.2) is 9.97 Å². The number of likely N-dealkylation sites (tertiary alicyclic amines) is 1. The molecule has 0 bridgehead atoms. The summed E-state index contributed by atoms with van der Waals surface area (Å²) in [6, 6.07) is 2.79. The molecule has 108 valence electrons. The topological polar surface area (TPSA) is 70.2 Å². The van der Waals surface area contributed by atoms with Crippen LogP contribution < -0.4 is 10.6 Å². The van der Waals surface area contributed by atoms with Crippen LogP contribution in [0.2, 0.25) is 0 Å². The Kier molecular flexibility index (Phi) is 4.22. The minimum Gasteiger partial charge on any atom is -0.312 e. The summed E-state index contributed by atoms with van der Waals surface area (Å²) in [5.41, 5.74) is 0. The van der Waals surface area contributed by atoms with Crippen LogP contribution >= 0.6 is 0 Å². The molecule has 6 nitrogen and oxygen atoms in total. The van der Waals surface area contributed by atoms with Gasteiger partial charge in [-0.1, -0.05) is 0 Å². The van der Waals surface area contributed by atoms with Crippen molar-refractivity contribution in [1.82, 2.24) is 20.2 Å². The largest absolute Gasteiger partial charge is 0.312 e. The molecule has 0 saturated carbocycles. The van der Waals surface area contributed by atoms with Crippen LogP contribution in [0.1, 0.15) is 25.7 Å². The molecule has 2 aliphatic heterocycles. The van der Waals surface area contributed by atoms with E-state index in [-0.39, 0.29) is 5.91 Å². The third-order valence-electron chi connectivity index (χ3n) is 4.14. The molecule has 6 heteroatoms. The van der Waals surface area contributed by atoms with Gasteiger partial charge in [0.25, 0.3) is 0 Å². The Bertz CT molecular complexity index is 446. The molecule has 20 heavy (non-hydrogen) atoms. The summed E-state index contributed by atoms with van der Waals surface area (Å²) in [5.74, 6) is 0.355. The molecule has 1 aromatic rings. The van der Waals surface area contributed by atoms with Crippen LogP contribution in [0.5, 0.6) is 0 Å². The summed E-state index contributed by atoms with van der Waals surface area (Å²) in [4.78, 5) is 22.4. The van der Waals surface area contributed by atoms with E-state index in [4.69, 9.17) is 0 Å². The standard InChI is InChI=1S/C14H21N5O/c20-13(18-14-16-7-3-8-17-14)10-19-9-2-5-12(19)11-4-1-6-15-11/h3,7-8,11-12,15H,1-2,4-6,9-10H2,(H,16,17,18,20). The number of rotatable bonds is 4. The van der Waals surface area contributed by atoms with E-state index >= 15 is 0 Å². The summed E-state index contributed by atoms with van der Waals surface area (Å²) in [6.07, 6.45) is 8.10. The summed E-state index contributed by atoms with van der Waals surface area (Å²) < 4.78 is 0. The van der Waals surface area contributed by atoms with Crippen molar-refractivity contribution in [3.63, 3.8) is 0 Å². The lowest BCUT2D eigenvalue weighted by atomic mass is 10.0. The van der Waals surface area contributed by atoms with Crippen LogP contribution in [0.4, 0.5) is 5.95 Å². The molecule has 0 aliphatic carbocycles. The number of amides is 1. The molecule has 2 aliphatic rings. The Labute approximate surface area is 119 Å². The molecular formula is C14H21N5O. The van der Waals surface area contributed by atoms with E-state index in [0.717, 1.165) is 13.1 Å². The third-order valence-corrected chi connectivity index (χ3v) is 4.14. The summed E-state index contributed by atoms with van der Waals surface area (Å²) >= 11 is 0. The SMILES string of the molecule is O=C(CN1CCCC1C1CCCN1)Nc1ncccn1. The van der Waals surface area contributed by atoms with Gasteiger partial charge in [0.15, 0.2) is 0 Å². The molecule has 0 spiro atoms. The molecule has 2 N–H and O–H groups in total. The Morgan fingerprint density at radius 1 is 1.35 bits per heavy atom. The van der Waals surface area contributed by atoms with E-state index in [1.54, 1.807) is 18.5 Å². The van der Waals surface area contributed by atoms with Gasteiger partial charge in [0.2, 0.25) is 11.9 Å². The van der Waals surface area contributed by atoms with Gasteiger partial charge in [-0.3, -0.25) is 15.0 Å². The van der Waals surface area contributed by atoms with Crippen molar-refractivity contribution >= 4 is 11.9 Å². The lowest BCUT2D eigenvalue weighted by Gasteiger charge is -2.28. The number of nitrogens with zero attached hydrogens (tertiary/aromatic N) is 3. The van der Waals surface area contributed by atoms with E-state index in [1.807, 2.05) is 0 Å². The number of anilines is 1. The Morgan fingerprint density at radius 2 is 2.20 bits per heavy atom. The molecule has 0 aromatic carbocycles. The normalized spacial score (nSPS) is 26.8. The lowest BCUT2D eigenvalue weighted by molar-refractivity contribution is -0.117. The van der Waals surface area contributed by atoms with E-state index < -0.39 is 0 Å². The van der Waals surface area contributed by atoms with Gasteiger partial charge in [0.05, 0.1) is 6.54 Å². The van der Waals surface area contributed by atoms with Crippen LogP contribution in [0.15, 0.2) is 18.5 Å². The fourth-order valence-electron chi connectivity index (χ4n) is 3.26. The van der Waals surface area contributed by atoms with Gasteiger partial charge in [-0.05, 0) is 44.8 Å². The van der Waals surface area contributed by atoms with Crippen molar-refractivity contribution in [1.29, 1.82) is 0 Å². The van der Waals surface area contributed by atoms with Gasteiger partial charge in [0, 0.05) is 24.5 Å². The molecule has 0 radical (unpaired) electrons. The molecule has 3 heterocycles. The zero-order chi connectivity index (χ0) is 13.8. The second kappa shape index (κ2) is 6.28. The summed E-state index contributed by atoms with van der Waals surface area (Å²) in [6.45, 7) is 2.55. The van der Waals surface area contributed by atoms with Crippen molar-refractivity contribution in [3.8, 4) is 0 Å². The van der Waals surface area contributed by atoms with Crippen molar-refractivity contribution < 1.29 is 4.79 Å². The van der Waals surface area contributed by atoms with Crippen LogP contribution in [-0.2, 0) is 4.79 Å². The van der Waals surface area contributed by atoms with Crippen molar-refractivity contribution in [2.45, 2.75) is 37.8 Å². The summed E-state index contributed by atoms with van der Waals surface area (Å²) in [5, 5.41) is 6.31. The first kappa shape index (κ1) is 13.5. The van der Waals surface area contributed by atoms with Crippen molar-refractivity contribution in [3.05, 3.63) is 18.5 Å². The van der Waals surface area contributed by atoms with E-state index in [2.05, 4.69) is 25.5 Å². The molecule has 2 atom stereocenters. The van der Waals surface area contributed by atoms with Gasteiger partial charge < -0.3 is 5.32 Å². The minimum absolute atomic E-state index is 0.0268. The fourth-order valence-corrected chi connectivity index (χ4v) is 3.26. The predicted octanol–water partition coefficient (Wildman–Crippen LogP) is 0.632. The van der Waals surface area contributed by atoms with E-state index in [1.165, 1.54) is 25.7 Å². The van der Waals surface area contributed by atoms with Gasteiger partial charge in [-0.15, -0.1) is 0 Å². The number of hydrogen-bond donors (Lipinski definition) is 2. The first-order valence-electron chi connectivity index (χ1n) is 7.37. The number of aromatic nitrogens is 2. The van der Waals surface area contributed by atoms with E-state index in [9.17, 15) is 4.79 Å². The first-order chi connectivity index (χ1) is 9.83. The van der Waals surface area contributed by atoms with Crippen LogP contribution in [-0.4, -0.2) is 52.5 Å². The zero-order valence-corrected chi connectivity index (χ0v) is 11.6. The van der Waals surface area contributed by atoms with Crippen molar-refractivity contribution in [2.75, 3.05) is 25.0 Å². The molecule has 2 unspecified atom stereocenters. The molecular weight excluding hydrogens is 254 g/mol. The highest BCUT2D eigenvalue weighted by molar-refractivity contribution is 5.90. The second-order valence-corrected chi connectivity index (χ2v) is 5.50. The Hall–Kier alpha value is -1.53. The molecule has 2 fully saturated rings. The molecule has 1 amide bonds. The highest BCUT2D eigenvalue weighted by Gasteiger charge is 2.33. The average Bonchev–Trinajstić information content (AvgIpc) is 3.10. The number of carbonyl (C=O) groups excluding carboxylic acids is 1. The van der Waals surface area contributed by atoms with Gasteiger partial charge >= 0.3 is 0 Å². The van der Waals surface area contributed by atoms with Gasteiger partial charge in [-0.2, -0.15) is 0 Å². The highest BCUT2D eigenvalue weighted by Crippen LogP contribution is 2.24. The van der Waals surface area contributed by atoms with Crippen LogP contribution in [0.25, 0.3) is 0 Å². The Balaban J connectivity index is 1.55. The quantitative estimate of drug-likeness (QED) is 0.843. The Morgan fingerprint density at radius 3 is 2.95 bits per heavy atom. The van der Waals surface area contributed by atoms with E-state index in [0.29, 0.717) is 24.6 Å². The highest BCUT2D eigenvalue weighted by atomic mass is 16.2. The summed E-state index contributed by atoms with van der Waals surface area (Å²) in [7, 11) is 0. The fraction of sp³-hybridized carbons (Fsp3) is 0.643. The second-order valence-electron chi connectivity index (χ2n) is 5.50. The zero-order valence-electron chi connectivity index (χ0n) is 11.6. The molecule has 2 saturated heterocycles. The molecule has 3 rings (SSSR count). The van der Waals surface area contributed by atoms with Crippen LogP contribution in [0.3, 0.4) is 0 Å². The van der Waals surface area contributed by atoms with Crippen LogP contribution in [0, 0.1) is 0 Å². The van der Waals surface area contributed by atoms with Crippen molar-refractivity contribution in [2.24, 2.45) is 0 Å². The third kappa shape index (κ3) is 3.13. The predicted molar refractivity (Wildman–Crippen MR) is 76.3 cm³/mol. The minimum atomic E-state index is -0.0268. The maximum Gasteiger partial charge on any atom is 0.240 e. The smallest absolute Gasteiger partial charge is 0.240 e. The van der Waals surface area contributed by atoms with Gasteiger partial charge in [0.1, 0.15) is 0 Å². The monoisotopic (exact) mass is 275 g/mol. The number of hydrogen-bond acceptors (Lipinski definition) is 5. The maximum atomic E-state index is 12.1. The maximum absolute atomic E-state index is 12.1.